The van der Waals surface area contributed by atoms with Crippen LogP contribution in [0.4, 0.5) is 0 Å². The molecule has 0 bridgehead atoms. The van der Waals surface area contributed by atoms with Gasteiger partial charge in [-0.1, -0.05) is 11.8 Å². The molecule has 4 nitrogen and oxygen atoms in total. The van der Waals surface area contributed by atoms with Crippen molar-refractivity contribution in [1.29, 1.82) is 0 Å². The third-order valence-electron chi connectivity index (χ3n) is 2.55. The summed E-state index contributed by atoms with van der Waals surface area (Å²) in [4.78, 5) is 8.50. The number of aliphatic hydroxyl groups is 1. The van der Waals surface area contributed by atoms with Crippen molar-refractivity contribution in [3.63, 3.8) is 0 Å². The maximum Gasteiger partial charge on any atom is 0.187 e. The Kier molecular flexibility index (Phi) is 5.88. The number of hydrogen-bond acceptors (Lipinski definition) is 5. The molecule has 1 atom stereocenters. The summed E-state index contributed by atoms with van der Waals surface area (Å²) in [6.45, 7) is 4.06. The normalized spacial score (nSPS) is 14.6. The Bertz CT molecular complexity index is 344. The van der Waals surface area contributed by atoms with Crippen LogP contribution in [-0.2, 0) is 0 Å². The van der Waals surface area contributed by atoms with Crippen molar-refractivity contribution in [2.75, 3.05) is 12.3 Å². The summed E-state index contributed by atoms with van der Waals surface area (Å²) >= 11 is 1.66. The Morgan fingerprint density at radius 3 is 2.88 bits per heavy atom. The molecular formula is C12H21N3OS. The SMILES string of the molecule is Cc1ccnc(SCCCCC(C)(O)CN)n1. The van der Waals surface area contributed by atoms with E-state index in [1.54, 1.807) is 24.9 Å². The zero-order valence-electron chi connectivity index (χ0n) is 10.5. The lowest BCUT2D eigenvalue weighted by Crippen LogP contribution is -2.33. The van der Waals surface area contributed by atoms with Gasteiger partial charge in [-0.2, -0.15) is 0 Å². The number of aromatic nitrogens is 2. The molecule has 0 saturated carbocycles. The van der Waals surface area contributed by atoms with E-state index in [0.29, 0.717) is 6.54 Å². The van der Waals surface area contributed by atoms with Gasteiger partial charge in [-0.15, -0.1) is 0 Å². The fourth-order valence-corrected chi connectivity index (χ4v) is 2.24. The van der Waals surface area contributed by atoms with E-state index < -0.39 is 5.60 Å². The topological polar surface area (TPSA) is 72.0 Å². The summed E-state index contributed by atoms with van der Waals surface area (Å²) in [6.07, 6.45) is 4.55. The molecule has 96 valence electrons. The van der Waals surface area contributed by atoms with E-state index >= 15 is 0 Å². The van der Waals surface area contributed by atoms with E-state index in [1.165, 1.54) is 0 Å². The van der Waals surface area contributed by atoms with E-state index in [0.717, 1.165) is 35.9 Å². The third kappa shape index (κ3) is 6.00. The number of nitrogens with two attached hydrogens (primary N) is 1. The number of hydrogen-bond donors (Lipinski definition) is 2. The minimum absolute atomic E-state index is 0.321. The van der Waals surface area contributed by atoms with Crippen LogP contribution in [0.1, 0.15) is 31.9 Å². The smallest absolute Gasteiger partial charge is 0.187 e. The van der Waals surface area contributed by atoms with Crippen LogP contribution < -0.4 is 5.73 Å². The fraction of sp³-hybridized carbons (Fsp3) is 0.667. The molecule has 0 saturated heterocycles. The Hall–Kier alpha value is -0.650. The first kappa shape index (κ1) is 14.4. The molecule has 0 fully saturated rings. The van der Waals surface area contributed by atoms with Gasteiger partial charge in [-0.25, -0.2) is 9.97 Å². The van der Waals surface area contributed by atoms with Gasteiger partial charge >= 0.3 is 0 Å². The summed E-state index contributed by atoms with van der Waals surface area (Å²) in [5.74, 6) is 0.976. The fourth-order valence-electron chi connectivity index (χ4n) is 1.37. The second-order valence-electron chi connectivity index (χ2n) is 4.49. The second-order valence-corrected chi connectivity index (χ2v) is 5.55. The quantitative estimate of drug-likeness (QED) is 0.441. The van der Waals surface area contributed by atoms with Crippen molar-refractivity contribution < 1.29 is 5.11 Å². The van der Waals surface area contributed by atoms with Gasteiger partial charge in [0, 0.05) is 24.2 Å². The van der Waals surface area contributed by atoms with Crippen LogP contribution in [0.25, 0.3) is 0 Å². The highest BCUT2D eigenvalue weighted by Crippen LogP contribution is 2.17. The highest BCUT2D eigenvalue weighted by atomic mass is 32.2. The first-order valence-corrected chi connectivity index (χ1v) is 6.87. The van der Waals surface area contributed by atoms with E-state index in [9.17, 15) is 5.11 Å². The first-order valence-electron chi connectivity index (χ1n) is 5.88. The molecule has 17 heavy (non-hydrogen) atoms. The summed E-state index contributed by atoms with van der Waals surface area (Å²) in [6, 6.07) is 1.89. The number of unbranched alkanes of at least 4 members (excludes halogenated alkanes) is 1. The average Bonchev–Trinajstić information content (AvgIpc) is 2.29. The van der Waals surface area contributed by atoms with Crippen molar-refractivity contribution in [3.05, 3.63) is 18.0 Å². The molecule has 0 aromatic carbocycles. The monoisotopic (exact) mass is 255 g/mol. The molecule has 1 aromatic heterocycles. The highest BCUT2D eigenvalue weighted by Gasteiger charge is 2.16. The van der Waals surface area contributed by atoms with Crippen molar-refractivity contribution in [1.82, 2.24) is 9.97 Å². The Morgan fingerprint density at radius 1 is 1.47 bits per heavy atom. The second kappa shape index (κ2) is 6.93. The van der Waals surface area contributed by atoms with Gasteiger partial charge in [0.1, 0.15) is 0 Å². The number of rotatable bonds is 7. The molecule has 0 spiro atoms. The number of thioether (sulfide) groups is 1. The van der Waals surface area contributed by atoms with Gasteiger partial charge in [0.25, 0.3) is 0 Å². The molecular weight excluding hydrogens is 234 g/mol. The lowest BCUT2D eigenvalue weighted by atomic mass is 10.00. The predicted octanol–water partition coefficient (Wildman–Crippen LogP) is 1.76. The molecule has 0 radical (unpaired) electrons. The summed E-state index contributed by atoms with van der Waals surface area (Å²) in [7, 11) is 0. The number of nitrogens with zero attached hydrogens (tertiary/aromatic N) is 2. The first-order chi connectivity index (χ1) is 8.03. The van der Waals surface area contributed by atoms with Crippen LogP contribution in [-0.4, -0.2) is 33.0 Å². The van der Waals surface area contributed by atoms with Crippen molar-refractivity contribution in [2.24, 2.45) is 5.73 Å². The molecule has 1 unspecified atom stereocenters. The molecule has 0 aliphatic rings. The maximum atomic E-state index is 9.72. The summed E-state index contributed by atoms with van der Waals surface area (Å²) in [5, 5.41) is 10.5. The maximum absolute atomic E-state index is 9.72. The zero-order chi connectivity index (χ0) is 12.7. The van der Waals surface area contributed by atoms with Crippen molar-refractivity contribution in [2.45, 2.75) is 43.9 Å². The van der Waals surface area contributed by atoms with Crippen LogP contribution in [0.15, 0.2) is 17.4 Å². The van der Waals surface area contributed by atoms with E-state index in [1.807, 2.05) is 13.0 Å². The highest BCUT2D eigenvalue weighted by molar-refractivity contribution is 7.99. The van der Waals surface area contributed by atoms with Gasteiger partial charge in [-0.3, -0.25) is 0 Å². The van der Waals surface area contributed by atoms with E-state index in [-0.39, 0.29) is 0 Å². The standard InChI is InChI=1S/C12H21N3OS/c1-10-5-7-14-11(15-10)17-8-4-3-6-12(2,16)9-13/h5,7,16H,3-4,6,8-9,13H2,1-2H3. The van der Waals surface area contributed by atoms with Crippen molar-refractivity contribution in [3.8, 4) is 0 Å². The summed E-state index contributed by atoms with van der Waals surface area (Å²) < 4.78 is 0. The van der Waals surface area contributed by atoms with Crippen LogP contribution in [0.3, 0.4) is 0 Å². The zero-order valence-corrected chi connectivity index (χ0v) is 11.3. The minimum atomic E-state index is -0.718. The van der Waals surface area contributed by atoms with E-state index in [4.69, 9.17) is 5.73 Å². The van der Waals surface area contributed by atoms with Crippen LogP contribution in [0.2, 0.25) is 0 Å². The molecule has 1 aromatic rings. The molecule has 1 heterocycles. The Morgan fingerprint density at radius 2 is 2.24 bits per heavy atom. The van der Waals surface area contributed by atoms with E-state index in [2.05, 4.69) is 9.97 Å². The lowest BCUT2D eigenvalue weighted by Gasteiger charge is -2.20. The lowest BCUT2D eigenvalue weighted by molar-refractivity contribution is 0.0577. The molecule has 5 heteroatoms. The van der Waals surface area contributed by atoms with Crippen molar-refractivity contribution >= 4 is 11.8 Å². The number of aryl methyl sites for hydroxylation is 1. The Balaban J connectivity index is 2.17. The van der Waals surface area contributed by atoms with Gasteiger partial charge in [0.05, 0.1) is 5.60 Å². The molecule has 0 aliphatic heterocycles. The Labute approximate surface area is 107 Å². The van der Waals surface area contributed by atoms with Gasteiger partial charge in [-0.05, 0) is 39.2 Å². The average molecular weight is 255 g/mol. The van der Waals surface area contributed by atoms with Gasteiger partial charge in [0.2, 0.25) is 0 Å². The van der Waals surface area contributed by atoms with Gasteiger partial charge in [0.15, 0.2) is 5.16 Å². The predicted molar refractivity (Wildman–Crippen MR) is 71.0 cm³/mol. The van der Waals surface area contributed by atoms with Crippen LogP contribution >= 0.6 is 11.8 Å². The molecule has 0 aliphatic carbocycles. The van der Waals surface area contributed by atoms with Crippen LogP contribution in [0, 0.1) is 6.92 Å². The molecule has 1 rings (SSSR count). The largest absolute Gasteiger partial charge is 0.389 e. The van der Waals surface area contributed by atoms with Crippen LogP contribution in [0.5, 0.6) is 0 Å². The summed E-state index contributed by atoms with van der Waals surface area (Å²) in [5.41, 5.74) is 5.73. The molecule has 3 N–H and O–H groups in total. The van der Waals surface area contributed by atoms with Gasteiger partial charge < -0.3 is 10.8 Å². The molecule has 0 amide bonds. The minimum Gasteiger partial charge on any atom is -0.389 e. The third-order valence-corrected chi connectivity index (χ3v) is 3.50.